The molecular weight excluding hydrogens is 355 g/mol. The number of nitrogens with one attached hydrogen (secondary N) is 1. The molecule has 1 heterocycles. The van der Waals surface area contributed by atoms with E-state index < -0.39 is 0 Å². The van der Waals surface area contributed by atoms with E-state index in [1.165, 1.54) is 6.07 Å². The Hall–Kier alpha value is -2.54. The maximum absolute atomic E-state index is 12.6. The van der Waals surface area contributed by atoms with Crippen molar-refractivity contribution in [1.29, 1.82) is 5.26 Å². The summed E-state index contributed by atoms with van der Waals surface area (Å²) in [6.45, 7) is 0. The normalized spacial score (nSPS) is 11.7. The zero-order valence-electron chi connectivity index (χ0n) is 13.2. The van der Waals surface area contributed by atoms with Crippen LogP contribution in [0.2, 0.25) is 10.0 Å². The molecule has 2 aromatic carbocycles. The molecule has 124 valence electrons. The van der Waals surface area contributed by atoms with Crippen LogP contribution in [-0.4, -0.2) is 10.8 Å². The number of aromatic amines is 1. The second-order valence-corrected chi connectivity index (χ2v) is 6.50. The molecule has 0 saturated heterocycles. The fourth-order valence-electron chi connectivity index (χ4n) is 2.64. The van der Waals surface area contributed by atoms with Gasteiger partial charge in [0.25, 0.3) is 0 Å². The maximum atomic E-state index is 12.6. The standard InChI is InChI=1S/C20H14Cl2N2O/c21-15-6-7-16(17(22)11-15)20(25)19-9-8-18(24-19)14(12-23)10-13-4-2-1-3-5-13/h1-9,11,14,24H,10H2. The van der Waals surface area contributed by atoms with Crippen LogP contribution < -0.4 is 0 Å². The average Bonchev–Trinajstić information content (AvgIpc) is 3.10. The van der Waals surface area contributed by atoms with Gasteiger partial charge in [0.1, 0.15) is 0 Å². The molecule has 1 unspecified atom stereocenters. The summed E-state index contributed by atoms with van der Waals surface area (Å²) in [6, 6.07) is 20.3. The number of nitriles is 1. The van der Waals surface area contributed by atoms with Crippen LogP contribution in [-0.2, 0) is 6.42 Å². The van der Waals surface area contributed by atoms with Gasteiger partial charge in [-0.1, -0.05) is 53.5 Å². The molecule has 5 heteroatoms. The van der Waals surface area contributed by atoms with Crippen molar-refractivity contribution in [3.8, 4) is 6.07 Å². The predicted molar refractivity (Wildman–Crippen MR) is 99.2 cm³/mol. The van der Waals surface area contributed by atoms with Crippen LogP contribution in [0.1, 0.15) is 33.2 Å². The molecule has 1 atom stereocenters. The molecule has 3 nitrogen and oxygen atoms in total. The third-order valence-corrected chi connectivity index (χ3v) is 4.49. The number of nitrogens with zero attached hydrogens (tertiary/aromatic N) is 1. The van der Waals surface area contributed by atoms with Gasteiger partial charge >= 0.3 is 0 Å². The molecule has 1 aromatic heterocycles. The lowest BCUT2D eigenvalue weighted by Crippen LogP contribution is -2.05. The first kappa shape index (κ1) is 17.3. The number of aromatic nitrogens is 1. The third kappa shape index (κ3) is 3.93. The molecule has 0 aliphatic carbocycles. The van der Waals surface area contributed by atoms with E-state index in [2.05, 4.69) is 11.1 Å². The zero-order valence-corrected chi connectivity index (χ0v) is 14.7. The Balaban J connectivity index is 1.83. The van der Waals surface area contributed by atoms with Gasteiger partial charge < -0.3 is 4.98 Å². The van der Waals surface area contributed by atoms with Crippen LogP contribution in [0.25, 0.3) is 0 Å². The monoisotopic (exact) mass is 368 g/mol. The first-order valence-corrected chi connectivity index (χ1v) is 8.46. The minimum atomic E-state index is -0.357. The Bertz CT molecular complexity index is 942. The van der Waals surface area contributed by atoms with Crippen molar-refractivity contribution in [1.82, 2.24) is 4.98 Å². The maximum Gasteiger partial charge on any atom is 0.210 e. The van der Waals surface area contributed by atoms with E-state index in [0.717, 1.165) is 5.56 Å². The van der Waals surface area contributed by atoms with Crippen molar-refractivity contribution < 1.29 is 4.79 Å². The molecule has 3 rings (SSSR count). The molecule has 0 saturated carbocycles. The van der Waals surface area contributed by atoms with Gasteiger partial charge in [0, 0.05) is 16.3 Å². The molecule has 0 bridgehead atoms. The average molecular weight is 369 g/mol. The highest BCUT2D eigenvalue weighted by Crippen LogP contribution is 2.25. The van der Waals surface area contributed by atoms with Crippen LogP contribution in [0.3, 0.4) is 0 Å². The molecule has 0 aliphatic rings. The number of carbonyl (C=O) groups excluding carboxylic acids is 1. The van der Waals surface area contributed by atoms with Gasteiger partial charge in [-0.2, -0.15) is 5.26 Å². The molecule has 1 N–H and O–H groups in total. The molecule has 0 aliphatic heterocycles. The Morgan fingerprint density at radius 1 is 1.08 bits per heavy atom. The van der Waals surface area contributed by atoms with Gasteiger partial charge in [-0.15, -0.1) is 0 Å². The van der Waals surface area contributed by atoms with E-state index in [9.17, 15) is 10.1 Å². The number of hydrogen-bond acceptors (Lipinski definition) is 2. The van der Waals surface area contributed by atoms with Crippen molar-refractivity contribution in [2.24, 2.45) is 0 Å². The van der Waals surface area contributed by atoms with Gasteiger partial charge in [0.15, 0.2) is 0 Å². The molecule has 3 aromatic rings. The topological polar surface area (TPSA) is 56.6 Å². The summed E-state index contributed by atoms with van der Waals surface area (Å²) in [5.41, 5.74) is 2.54. The molecular formula is C20H14Cl2N2O. The van der Waals surface area contributed by atoms with Crippen LogP contribution in [0, 0.1) is 11.3 Å². The number of rotatable bonds is 5. The second kappa shape index (κ2) is 7.57. The fraction of sp³-hybridized carbons (Fsp3) is 0.100. The fourth-order valence-corrected chi connectivity index (χ4v) is 3.14. The summed E-state index contributed by atoms with van der Waals surface area (Å²) in [7, 11) is 0. The minimum absolute atomic E-state index is 0.232. The van der Waals surface area contributed by atoms with Crippen molar-refractivity contribution in [2.75, 3.05) is 0 Å². The first-order valence-electron chi connectivity index (χ1n) is 7.70. The largest absolute Gasteiger partial charge is 0.355 e. The van der Waals surface area contributed by atoms with Gasteiger partial charge in [0.2, 0.25) is 5.78 Å². The van der Waals surface area contributed by atoms with Crippen molar-refractivity contribution >= 4 is 29.0 Å². The quantitative estimate of drug-likeness (QED) is 0.612. The second-order valence-electron chi connectivity index (χ2n) is 5.65. The number of carbonyl (C=O) groups is 1. The Labute approximate surface area is 155 Å². The van der Waals surface area contributed by atoms with E-state index in [1.54, 1.807) is 24.3 Å². The zero-order chi connectivity index (χ0) is 17.8. The van der Waals surface area contributed by atoms with E-state index in [1.807, 2.05) is 30.3 Å². The van der Waals surface area contributed by atoms with Gasteiger partial charge in [-0.05, 0) is 42.3 Å². The highest BCUT2D eigenvalue weighted by Gasteiger charge is 2.18. The summed E-state index contributed by atoms with van der Waals surface area (Å²) in [6.07, 6.45) is 0.577. The highest BCUT2D eigenvalue weighted by atomic mass is 35.5. The minimum Gasteiger partial charge on any atom is -0.355 e. The third-order valence-electron chi connectivity index (χ3n) is 3.94. The summed E-state index contributed by atoms with van der Waals surface area (Å²) in [5.74, 6) is -0.589. The van der Waals surface area contributed by atoms with Crippen molar-refractivity contribution in [3.05, 3.63) is 93.2 Å². The number of halogens is 2. The molecule has 0 amide bonds. The molecule has 0 radical (unpaired) electrons. The van der Waals surface area contributed by atoms with Crippen LogP contribution in [0.15, 0.2) is 60.7 Å². The Morgan fingerprint density at radius 2 is 1.84 bits per heavy atom. The number of ketones is 1. The molecule has 0 spiro atoms. The van der Waals surface area contributed by atoms with E-state index in [0.29, 0.717) is 33.4 Å². The lowest BCUT2D eigenvalue weighted by molar-refractivity contribution is 0.103. The van der Waals surface area contributed by atoms with Gasteiger partial charge in [-0.3, -0.25) is 4.79 Å². The molecule has 25 heavy (non-hydrogen) atoms. The summed E-state index contributed by atoms with van der Waals surface area (Å²) in [4.78, 5) is 15.7. The van der Waals surface area contributed by atoms with Gasteiger partial charge in [0.05, 0.1) is 22.7 Å². The van der Waals surface area contributed by atoms with Crippen LogP contribution >= 0.6 is 23.2 Å². The lowest BCUT2D eigenvalue weighted by Gasteiger charge is -2.07. The van der Waals surface area contributed by atoms with Crippen molar-refractivity contribution in [3.63, 3.8) is 0 Å². The predicted octanol–water partition coefficient (Wildman–Crippen LogP) is 5.40. The smallest absolute Gasteiger partial charge is 0.210 e. The van der Waals surface area contributed by atoms with Crippen LogP contribution in [0.5, 0.6) is 0 Å². The lowest BCUT2D eigenvalue weighted by atomic mass is 9.98. The van der Waals surface area contributed by atoms with E-state index in [-0.39, 0.29) is 11.7 Å². The number of hydrogen-bond donors (Lipinski definition) is 1. The SMILES string of the molecule is N#CC(Cc1ccccc1)c1ccc(C(=O)c2ccc(Cl)cc2Cl)[nH]1. The van der Waals surface area contributed by atoms with E-state index >= 15 is 0 Å². The summed E-state index contributed by atoms with van der Waals surface area (Å²) in [5, 5.41) is 10.3. The first-order chi connectivity index (χ1) is 12.1. The molecule has 0 fully saturated rings. The van der Waals surface area contributed by atoms with E-state index in [4.69, 9.17) is 23.2 Å². The highest BCUT2D eigenvalue weighted by molar-refractivity contribution is 6.37. The van der Waals surface area contributed by atoms with Gasteiger partial charge in [-0.25, -0.2) is 0 Å². The Kier molecular flexibility index (Phi) is 5.23. The number of H-pyrrole nitrogens is 1. The summed E-state index contributed by atoms with van der Waals surface area (Å²) < 4.78 is 0. The summed E-state index contributed by atoms with van der Waals surface area (Å²) >= 11 is 12.0. The Morgan fingerprint density at radius 3 is 2.52 bits per heavy atom. The number of benzene rings is 2. The van der Waals surface area contributed by atoms with Crippen LogP contribution in [0.4, 0.5) is 0 Å². The van der Waals surface area contributed by atoms with Crippen molar-refractivity contribution in [2.45, 2.75) is 12.3 Å².